The van der Waals surface area contributed by atoms with Crippen LogP contribution in [-0.2, 0) is 0 Å². The number of carbonyl (C=O) groups is 1. The van der Waals surface area contributed by atoms with Gasteiger partial charge in [0.25, 0.3) is 0 Å². The Kier molecular flexibility index (Phi) is 1.88. The molecule has 0 aromatic carbocycles. The Bertz CT molecular complexity index is 229. The van der Waals surface area contributed by atoms with Gasteiger partial charge in [-0.15, -0.1) is 0 Å². The second-order valence-electron chi connectivity index (χ2n) is 1.56. The van der Waals surface area contributed by atoms with Crippen molar-refractivity contribution < 1.29 is 4.79 Å². The molecule has 0 aliphatic rings. The fourth-order valence-electron chi connectivity index (χ4n) is 0.480. The third-order valence-corrected chi connectivity index (χ3v) is 2.10. The highest BCUT2D eigenvalue weighted by molar-refractivity contribution is 7.08. The van der Waals surface area contributed by atoms with Gasteiger partial charge in [-0.3, -0.25) is 4.79 Å². The molecule has 1 aromatic rings. The Labute approximate surface area is 62.3 Å². The average molecular weight is 160 g/mol. The minimum absolute atomic E-state index is 0.221. The summed E-state index contributed by atoms with van der Waals surface area (Å²) in [6.45, 7) is 3.23. The number of hydrogen-bond donors (Lipinski definition) is 0. The maximum atomic E-state index is 10.5. The molecule has 0 fully saturated rings. The molecule has 0 amide bonds. The van der Waals surface area contributed by atoms with Gasteiger partial charge in [0, 0.05) is 23.2 Å². The van der Waals surface area contributed by atoms with Gasteiger partial charge >= 0.3 is 0 Å². The molecule has 9 heavy (non-hydrogen) atoms. The minimum Gasteiger partial charge on any atom is -0.294 e. The van der Waals surface area contributed by atoms with Crippen molar-refractivity contribution in [3.8, 4) is 0 Å². The lowest BCUT2D eigenvalue weighted by atomic mass is 10.2. The van der Waals surface area contributed by atoms with E-state index in [-0.39, 0.29) is 5.78 Å². The number of rotatable bonds is 1. The van der Waals surface area contributed by atoms with E-state index in [0.717, 1.165) is 0 Å². The van der Waals surface area contributed by atoms with E-state index in [0.29, 0.717) is 10.6 Å². The van der Waals surface area contributed by atoms with E-state index >= 15 is 0 Å². The zero-order chi connectivity index (χ0) is 6.85. The zero-order valence-corrected chi connectivity index (χ0v) is 6.13. The molecule has 0 saturated carbocycles. The van der Waals surface area contributed by atoms with Crippen LogP contribution in [0.4, 0.5) is 0 Å². The second-order valence-corrected chi connectivity index (χ2v) is 2.71. The molecule has 0 atom stereocenters. The lowest BCUT2D eigenvalue weighted by Gasteiger charge is -1.85. The van der Waals surface area contributed by atoms with Crippen LogP contribution in [0.2, 0.25) is 5.02 Å². The van der Waals surface area contributed by atoms with Crippen molar-refractivity contribution in [3.05, 3.63) is 28.3 Å². The van der Waals surface area contributed by atoms with Crippen LogP contribution < -0.4 is 0 Å². The van der Waals surface area contributed by atoms with Crippen molar-refractivity contribution in [1.29, 1.82) is 0 Å². The highest BCUT2D eigenvalue weighted by atomic mass is 35.5. The van der Waals surface area contributed by atoms with Crippen LogP contribution in [-0.4, -0.2) is 5.78 Å². The van der Waals surface area contributed by atoms with Crippen molar-refractivity contribution >= 4 is 28.7 Å². The molecule has 1 radical (unpaired) electrons. The Morgan fingerprint density at radius 1 is 1.67 bits per heavy atom. The van der Waals surface area contributed by atoms with Gasteiger partial charge in [0.2, 0.25) is 0 Å². The van der Waals surface area contributed by atoms with Gasteiger partial charge in [0.05, 0.1) is 5.02 Å². The largest absolute Gasteiger partial charge is 0.294 e. The van der Waals surface area contributed by atoms with Gasteiger partial charge in [0.15, 0.2) is 5.78 Å². The summed E-state index contributed by atoms with van der Waals surface area (Å²) in [5.74, 6) is -0.221. The number of hydrogen-bond acceptors (Lipinski definition) is 2. The third-order valence-electron chi connectivity index (χ3n) is 0.915. The van der Waals surface area contributed by atoms with E-state index in [9.17, 15) is 4.79 Å². The van der Waals surface area contributed by atoms with Crippen molar-refractivity contribution in [3.63, 3.8) is 0 Å². The molecule has 0 aliphatic heterocycles. The van der Waals surface area contributed by atoms with E-state index in [2.05, 4.69) is 6.92 Å². The smallest absolute Gasteiger partial charge is 0.165 e. The first kappa shape index (κ1) is 6.78. The molecular formula is C6H4ClOS. The average Bonchev–Trinajstić information content (AvgIpc) is 2.13. The highest BCUT2D eigenvalue weighted by Crippen LogP contribution is 2.20. The van der Waals surface area contributed by atoms with Crippen molar-refractivity contribution in [2.75, 3.05) is 0 Å². The SMILES string of the molecule is [CH2]C(=O)c1cscc1Cl. The second kappa shape index (κ2) is 2.50. The summed E-state index contributed by atoms with van der Waals surface area (Å²) in [7, 11) is 0. The minimum atomic E-state index is -0.221. The molecule has 0 spiro atoms. The number of halogens is 1. The van der Waals surface area contributed by atoms with Gasteiger partial charge in [-0.05, 0) is 0 Å². The van der Waals surface area contributed by atoms with Gasteiger partial charge in [0.1, 0.15) is 0 Å². The van der Waals surface area contributed by atoms with E-state index in [1.54, 1.807) is 10.8 Å². The summed E-state index contributed by atoms with van der Waals surface area (Å²) >= 11 is 6.99. The van der Waals surface area contributed by atoms with Gasteiger partial charge < -0.3 is 0 Å². The molecule has 1 aromatic heterocycles. The van der Waals surface area contributed by atoms with E-state index in [1.807, 2.05) is 0 Å². The topological polar surface area (TPSA) is 17.1 Å². The number of ketones is 1. The van der Waals surface area contributed by atoms with Crippen molar-refractivity contribution in [2.45, 2.75) is 0 Å². The maximum absolute atomic E-state index is 10.5. The Balaban J connectivity index is 3.08. The molecule has 0 unspecified atom stereocenters. The molecular weight excluding hydrogens is 156 g/mol. The molecule has 0 bridgehead atoms. The van der Waals surface area contributed by atoms with Crippen molar-refractivity contribution in [2.24, 2.45) is 0 Å². The third kappa shape index (κ3) is 1.32. The highest BCUT2D eigenvalue weighted by Gasteiger charge is 2.04. The molecule has 1 heterocycles. The van der Waals surface area contributed by atoms with E-state index in [1.165, 1.54) is 11.3 Å². The normalized spacial score (nSPS) is 9.56. The molecule has 1 rings (SSSR count). The number of carbonyl (C=O) groups excluding carboxylic acids is 1. The Hall–Kier alpha value is -0.340. The summed E-state index contributed by atoms with van der Waals surface area (Å²) < 4.78 is 0. The van der Waals surface area contributed by atoms with Gasteiger partial charge in [-0.1, -0.05) is 11.6 Å². The first-order valence-electron chi connectivity index (χ1n) is 2.30. The fraction of sp³-hybridized carbons (Fsp3) is 0. The number of Topliss-reactive ketones (excluding diaryl/α,β-unsaturated/α-hetero) is 1. The van der Waals surface area contributed by atoms with Crippen LogP contribution in [0, 0.1) is 6.92 Å². The lowest BCUT2D eigenvalue weighted by Crippen LogP contribution is -1.87. The Morgan fingerprint density at radius 3 is 2.56 bits per heavy atom. The summed E-state index contributed by atoms with van der Waals surface area (Å²) in [5.41, 5.74) is 0.515. The van der Waals surface area contributed by atoms with Crippen LogP contribution in [0.15, 0.2) is 10.8 Å². The first-order chi connectivity index (χ1) is 4.22. The summed E-state index contributed by atoms with van der Waals surface area (Å²) in [6.07, 6.45) is 0. The van der Waals surface area contributed by atoms with Crippen LogP contribution >= 0.6 is 22.9 Å². The monoisotopic (exact) mass is 159 g/mol. The van der Waals surface area contributed by atoms with Crippen LogP contribution in [0.5, 0.6) is 0 Å². The predicted molar refractivity (Wildman–Crippen MR) is 39.0 cm³/mol. The van der Waals surface area contributed by atoms with Crippen LogP contribution in [0.1, 0.15) is 10.4 Å². The molecule has 0 N–H and O–H groups in total. The maximum Gasteiger partial charge on any atom is 0.165 e. The standard InChI is InChI=1S/C6H4ClOS/c1-4(8)5-2-9-3-6(5)7/h2-3H,1H2. The van der Waals surface area contributed by atoms with E-state index in [4.69, 9.17) is 11.6 Å². The molecule has 3 heteroatoms. The zero-order valence-electron chi connectivity index (χ0n) is 4.56. The number of thiophene rings is 1. The first-order valence-corrected chi connectivity index (χ1v) is 3.62. The van der Waals surface area contributed by atoms with Crippen LogP contribution in [0.3, 0.4) is 0 Å². The molecule has 47 valence electrons. The predicted octanol–water partition coefficient (Wildman–Crippen LogP) is 2.42. The van der Waals surface area contributed by atoms with Crippen molar-refractivity contribution in [1.82, 2.24) is 0 Å². The summed E-state index contributed by atoms with van der Waals surface area (Å²) in [6, 6.07) is 0. The van der Waals surface area contributed by atoms with Gasteiger partial charge in [-0.25, -0.2) is 0 Å². The quantitative estimate of drug-likeness (QED) is 0.576. The van der Waals surface area contributed by atoms with Gasteiger partial charge in [-0.2, -0.15) is 11.3 Å². The van der Waals surface area contributed by atoms with Crippen LogP contribution in [0.25, 0.3) is 0 Å². The molecule has 1 nitrogen and oxygen atoms in total. The molecule has 0 saturated heterocycles. The fourth-order valence-corrected chi connectivity index (χ4v) is 1.57. The lowest BCUT2D eigenvalue weighted by molar-refractivity contribution is 0.104. The molecule has 0 aliphatic carbocycles. The Morgan fingerprint density at radius 2 is 2.33 bits per heavy atom. The summed E-state index contributed by atoms with van der Waals surface area (Å²) in [4.78, 5) is 10.5. The van der Waals surface area contributed by atoms with E-state index < -0.39 is 0 Å². The summed E-state index contributed by atoms with van der Waals surface area (Å²) in [5, 5.41) is 3.90.